The van der Waals surface area contributed by atoms with Crippen LogP contribution in [0.15, 0.2) is 47.4 Å². The van der Waals surface area contributed by atoms with Crippen molar-refractivity contribution in [2.45, 2.75) is 25.0 Å². The molecule has 0 amide bonds. The van der Waals surface area contributed by atoms with Gasteiger partial charge in [-0.25, -0.2) is 13.1 Å². The minimum Gasteiger partial charge on any atom is -0.490 e. The molecule has 140 valence electrons. The van der Waals surface area contributed by atoms with Gasteiger partial charge in [-0.05, 0) is 30.2 Å². The molecule has 1 N–H and O–H groups in total. The minimum absolute atomic E-state index is 0.00108. The lowest BCUT2D eigenvalue weighted by Crippen LogP contribution is -2.23. The van der Waals surface area contributed by atoms with Crippen molar-refractivity contribution in [1.29, 1.82) is 0 Å². The molecule has 8 nitrogen and oxygen atoms in total. The van der Waals surface area contributed by atoms with E-state index in [1.807, 2.05) is 19.1 Å². The number of hydrogen-bond donors (Lipinski definition) is 1. The number of nitrogens with zero attached hydrogens (tertiary/aromatic N) is 1. The first-order chi connectivity index (χ1) is 12.4. The van der Waals surface area contributed by atoms with Crippen molar-refractivity contribution in [1.82, 2.24) is 4.72 Å². The van der Waals surface area contributed by atoms with E-state index in [0.717, 1.165) is 17.2 Å². The first kappa shape index (κ1) is 19.8. The Balaban J connectivity index is 2.11. The minimum atomic E-state index is -3.90. The fourth-order valence-corrected chi connectivity index (χ4v) is 3.25. The topological polar surface area (TPSA) is 108 Å². The van der Waals surface area contributed by atoms with Crippen molar-refractivity contribution in [2.75, 3.05) is 13.7 Å². The maximum absolute atomic E-state index is 12.4. The summed E-state index contributed by atoms with van der Waals surface area (Å²) in [5.74, 6) is -0.00108. The average molecular weight is 380 g/mol. The maximum Gasteiger partial charge on any atom is 0.312 e. The van der Waals surface area contributed by atoms with Crippen LogP contribution in [0.3, 0.4) is 0 Å². The van der Waals surface area contributed by atoms with Crippen LogP contribution < -0.4 is 9.46 Å². The lowest BCUT2D eigenvalue weighted by molar-refractivity contribution is -0.386. The normalized spacial score (nSPS) is 11.3. The Kier molecular flexibility index (Phi) is 6.67. The number of rotatable bonds is 9. The zero-order valence-electron chi connectivity index (χ0n) is 14.5. The summed E-state index contributed by atoms with van der Waals surface area (Å²) in [4.78, 5) is 10.2. The molecule has 9 heteroatoms. The van der Waals surface area contributed by atoms with Crippen LogP contribution in [-0.2, 0) is 27.9 Å². The van der Waals surface area contributed by atoms with Gasteiger partial charge in [0.2, 0.25) is 10.0 Å². The van der Waals surface area contributed by atoms with E-state index in [4.69, 9.17) is 9.47 Å². The van der Waals surface area contributed by atoms with Gasteiger partial charge in [0.05, 0.1) is 23.5 Å². The van der Waals surface area contributed by atoms with Crippen molar-refractivity contribution in [3.8, 4) is 5.75 Å². The van der Waals surface area contributed by atoms with E-state index in [2.05, 4.69) is 4.72 Å². The first-order valence-electron chi connectivity index (χ1n) is 7.85. The molecule has 0 aliphatic heterocycles. The second-order valence-corrected chi connectivity index (χ2v) is 7.14. The summed E-state index contributed by atoms with van der Waals surface area (Å²) in [6.45, 7) is 3.09. The van der Waals surface area contributed by atoms with Gasteiger partial charge in [-0.3, -0.25) is 10.1 Å². The molecule has 2 aromatic rings. The molecule has 0 aliphatic rings. The summed E-state index contributed by atoms with van der Waals surface area (Å²) < 4.78 is 37.4. The molecular weight excluding hydrogens is 360 g/mol. The molecule has 0 radical (unpaired) electrons. The standard InChI is InChI=1S/C17H20N2O6S/c1-3-25-12-14-6-4-13(5-7-14)11-18-26(22,23)15-8-9-17(24-2)16(10-15)19(20)21/h4-10,18H,3,11-12H2,1-2H3. The highest BCUT2D eigenvalue weighted by atomic mass is 32.2. The largest absolute Gasteiger partial charge is 0.490 e. The first-order valence-corrected chi connectivity index (χ1v) is 9.33. The summed E-state index contributed by atoms with van der Waals surface area (Å²) in [5.41, 5.74) is 1.34. The molecule has 0 heterocycles. The van der Waals surface area contributed by atoms with Gasteiger partial charge in [-0.15, -0.1) is 0 Å². The number of sulfonamides is 1. The van der Waals surface area contributed by atoms with Crippen molar-refractivity contribution in [3.05, 3.63) is 63.7 Å². The Hall–Kier alpha value is -2.49. The van der Waals surface area contributed by atoms with Crippen molar-refractivity contribution in [3.63, 3.8) is 0 Å². The van der Waals surface area contributed by atoms with Gasteiger partial charge >= 0.3 is 5.69 Å². The predicted octanol–water partition coefficient (Wildman–Crippen LogP) is 2.62. The molecule has 0 fully saturated rings. The van der Waals surface area contributed by atoms with Gasteiger partial charge in [-0.1, -0.05) is 24.3 Å². The van der Waals surface area contributed by atoms with E-state index >= 15 is 0 Å². The van der Waals surface area contributed by atoms with E-state index < -0.39 is 20.6 Å². The van der Waals surface area contributed by atoms with E-state index in [9.17, 15) is 18.5 Å². The molecule has 0 bridgehead atoms. The summed E-state index contributed by atoms with van der Waals surface area (Å²) in [6.07, 6.45) is 0. The Labute approximate surface area is 152 Å². The van der Waals surface area contributed by atoms with Crippen LogP contribution in [0.1, 0.15) is 18.1 Å². The molecule has 2 rings (SSSR count). The third-order valence-electron chi connectivity index (χ3n) is 3.62. The quantitative estimate of drug-likeness (QED) is 0.529. The van der Waals surface area contributed by atoms with Crippen LogP contribution in [0.4, 0.5) is 5.69 Å². The maximum atomic E-state index is 12.4. The van der Waals surface area contributed by atoms with Crippen LogP contribution in [0.2, 0.25) is 0 Å². The van der Waals surface area contributed by atoms with Crippen LogP contribution in [-0.4, -0.2) is 27.1 Å². The molecule has 26 heavy (non-hydrogen) atoms. The molecule has 0 saturated heterocycles. The Morgan fingerprint density at radius 3 is 2.35 bits per heavy atom. The molecule has 0 unspecified atom stereocenters. The summed E-state index contributed by atoms with van der Waals surface area (Å²) in [6, 6.07) is 10.8. The Bertz CT molecular complexity index is 865. The zero-order chi connectivity index (χ0) is 19.2. The number of ether oxygens (including phenoxy) is 2. The van der Waals surface area contributed by atoms with Gasteiger partial charge in [-0.2, -0.15) is 0 Å². The summed E-state index contributed by atoms with van der Waals surface area (Å²) in [5, 5.41) is 11.0. The second kappa shape index (κ2) is 8.75. The summed E-state index contributed by atoms with van der Waals surface area (Å²) in [7, 11) is -2.62. The molecule has 0 atom stereocenters. The van der Waals surface area contributed by atoms with Gasteiger partial charge in [0.25, 0.3) is 0 Å². The highest BCUT2D eigenvalue weighted by molar-refractivity contribution is 7.89. The monoisotopic (exact) mass is 380 g/mol. The van der Waals surface area contributed by atoms with Crippen LogP contribution in [0, 0.1) is 10.1 Å². The molecule has 0 spiro atoms. The molecule has 2 aromatic carbocycles. The van der Waals surface area contributed by atoms with Crippen molar-refractivity contribution >= 4 is 15.7 Å². The van der Waals surface area contributed by atoms with Gasteiger partial charge in [0.15, 0.2) is 5.75 Å². The number of nitro groups is 1. The van der Waals surface area contributed by atoms with Crippen LogP contribution in [0.25, 0.3) is 0 Å². The van der Waals surface area contributed by atoms with Crippen molar-refractivity contribution < 1.29 is 22.8 Å². The fraction of sp³-hybridized carbons (Fsp3) is 0.294. The molecule has 0 saturated carbocycles. The van der Waals surface area contributed by atoms with E-state index in [-0.39, 0.29) is 17.2 Å². The molecular formula is C17H20N2O6S. The number of nitro benzene ring substituents is 1. The Morgan fingerprint density at radius 2 is 1.77 bits per heavy atom. The van der Waals surface area contributed by atoms with E-state index in [0.29, 0.717) is 13.2 Å². The fourth-order valence-electron chi connectivity index (χ4n) is 2.21. The molecule has 0 aliphatic carbocycles. The number of hydrogen-bond acceptors (Lipinski definition) is 6. The SMILES string of the molecule is CCOCc1ccc(CNS(=O)(=O)c2ccc(OC)c([N+](=O)[O-])c2)cc1. The van der Waals surface area contributed by atoms with Gasteiger partial charge in [0.1, 0.15) is 0 Å². The third-order valence-corrected chi connectivity index (χ3v) is 5.02. The Morgan fingerprint density at radius 1 is 1.12 bits per heavy atom. The number of nitrogens with one attached hydrogen (secondary N) is 1. The molecule has 0 aromatic heterocycles. The third kappa shape index (κ3) is 5.01. The number of methoxy groups -OCH3 is 1. The zero-order valence-corrected chi connectivity index (χ0v) is 15.3. The lowest BCUT2D eigenvalue weighted by Gasteiger charge is -2.09. The van der Waals surface area contributed by atoms with Crippen LogP contribution >= 0.6 is 0 Å². The lowest BCUT2D eigenvalue weighted by atomic mass is 10.1. The van der Waals surface area contributed by atoms with Crippen LogP contribution in [0.5, 0.6) is 5.75 Å². The van der Waals surface area contributed by atoms with Gasteiger partial charge in [0, 0.05) is 19.2 Å². The smallest absolute Gasteiger partial charge is 0.312 e. The van der Waals surface area contributed by atoms with Gasteiger partial charge < -0.3 is 9.47 Å². The highest BCUT2D eigenvalue weighted by Gasteiger charge is 2.21. The highest BCUT2D eigenvalue weighted by Crippen LogP contribution is 2.29. The summed E-state index contributed by atoms with van der Waals surface area (Å²) >= 11 is 0. The average Bonchev–Trinajstić information content (AvgIpc) is 2.65. The predicted molar refractivity (Wildman–Crippen MR) is 95.4 cm³/mol. The van der Waals surface area contributed by atoms with E-state index in [1.165, 1.54) is 19.2 Å². The van der Waals surface area contributed by atoms with E-state index in [1.54, 1.807) is 12.1 Å². The number of benzene rings is 2. The second-order valence-electron chi connectivity index (χ2n) is 5.37. The van der Waals surface area contributed by atoms with Crippen molar-refractivity contribution in [2.24, 2.45) is 0 Å².